The Hall–Kier alpha value is -3.13. The van der Waals surface area contributed by atoms with Crippen molar-refractivity contribution in [3.8, 4) is 17.2 Å². The Balaban J connectivity index is 1.54. The van der Waals surface area contributed by atoms with Gasteiger partial charge in [0.05, 0.1) is 23.6 Å². The van der Waals surface area contributed by atoms with Crippen molar-refractivity contribution in [3.05, 3.63) is 54.4 Å². The second-order valence-corrected chi connectivity index (χ2v) is 8.65. The molecule has 31 heavy (non-hydrogen) atoms. The van der Waals surface area contributed by atoms with Gasteiger partial charge < -0.3 is 14.1 Å². The molecule has 0 fully saturated rings. The molecule has 0 N–H and O–H groups in total. The highest BCUT2D eigenvalue weighted by atomic mass is 32.2. The minimum Gasteiger partial charge on any atom is -0.494 e. The molecule has 7 nitrogen and oxygen atoms in total. The lowest BCUT2D eigenvalue weighted by Gasteiger charge is -2.41. The predicted molar refractivity (Wildman–Crippen MR) is 121 cm³/mol. The monoisotopic (exact) mass is 436 g/mol. The van der Waals surface area contributed by atoms with E-state index in [9.17, 15) is 4.79 Å². The van der Waals surface area contributed by atoms with E-state index in [1.165, 1.54) is 11.8 Å². The number of anilines is 1. The summed E-state index contributed by atoms with van der Waals surface area (Å²) in [6, 6.07) is 9.45. The summed E-state index contributed by atoms with van der Waals surface area (Å²) in [5, 5.41) is 8.48. The normalized spacial score (nSPS) is 14.7. The summed E-state index contributed by atoms with van der Waals surface area (Å²) >= 11 is 1.23. The minimum atomic E-state index is -0.459. The number of hydrogen-bond acceptors (Lipinski definition) is 7. The zero-order chi connectivity index (χ0) is 22.0. The number of carbonyl (C=O) groups excluding carboxylic acids is 1. The van der Waals surface area contributed by atoms with E-state index in [2.05, 4.69) is 28.2 Å². The quantitative estimate of drug-likeness (QED) is 0.511. The van der Waals surface area contributed by atoms with Crippen LogP contribution < -0.4 is 9.64 Å². The topological polar surface area (TPSA) is 81.4 Å². The molecule has 0 spiro atoms. The molecule has 1 amide bonds. The van der Waals surface area contributed by atoms with Crippen molar-refractivity contribution < 1.29 is 13.9 Å². The number of fused-ring (bicyclic) bond motifs is 1. The first kappa shape index (κ1) is 21.1. The number of pyridine rings is 1. The van der Waals surface area contributed by atoms with Gasteiger partial charge in [-0.05, 0) is 63.6 Å². The van der Waals surface area contributed by atoms with Crippen molar-refractivity contribution in [2.45, 2.75) is 38.5 Å². The SMILES string of the molecule is CCOc1ccc2c(c1)C(C)=CC(C)(C)N2C(=O)CSc1nnc(-c2ccncc2)o1. The van der Waals surface area contributed by atoms with Crippen molar-refractivity contribution in [1.82, 2.24) is 15.2 Å². The summed E-state index contributed by atoms with van der Waals surface area (Å²) in [5.41, 5.74) is 3.33. The molecule has 8 heteroatoms. The van der Waals surface area contributed by atoms with E-state index < -0.39 is 5.54 Å². The van der Waals surface area contributed by atoms with E-state index in [4.69, 9.17) is 9.15 Å². The van der Waals surface area contributed by atoms with Crippen molar-refractivity contribution in [2.75, 3.05) is 17.3 Å². The number of amides is 1. The number of carbonyl (C=O) groups is 1. The number of aromatic nitrogens is 3. The van der Waals surface area contributed by atoms with Gasteiger partial charge >= 0.3 is 0 Å². The summed E-state index contributed by atoms with van der Waals surface area (Å²) in [6.45, 7) is 8.68. The smallest absolute Gasteiger partial charge is 0.277 e. The van der Waals surface area contributed by atoms with Gasteiger partial charge in [-0.2, -0.15) is 0 Å². The van der Waals surface area contributed by atoms with Gasteiger partial charge in [-0.3, -0.25) is 9.78 Å². The van der Waals surface area contributed by atoms with Gasteiger partial charge in [0.1, 0.15) is 5.75 Å². The van der Waals surface area contributed by atoms with Crippen LogP contribution in [0.25, 0.3) is 17.0 Å². The largest absolute Gasteiger partial charge is 0.494 e. The Bertz CT molecular complexity index is 1120. The molecule has 0 unspecified atom stereocenters. The number of ether oxygens (including phenoxy) is 1. The van der Waals surface area contributed by atoms with Crippen molar-refractivity contribution in [1.29, 1.82) is 0 Å². The van der Waals surface area contributed by atoms with Crippen LogP contribution in [0.1, 0.15) is 33.3 Å². The van der Waals surface area contributed by atoms with Crippen LogP contribution in [-0.2, 0) is 4.79 Å². The van der Waals surface area contributed by atoms with Gasteiger partial charge in [0, 0.05) is 23.5 Å². The summed E-state index contributed by atoms with van der Waals surface area (Å²) in [5.74, 6) is 1.35. The van der Waals surface area contributed by atoms with E-state index in [1.54, 1.807) is 24.5 Å². The molecule has 0 bridgehead atoms. The molecule has 1 aliphatic heterocycles. The molecule has 3 aromatic rings. The number of nitrogens with zero attached hydrogens (tertiary/aromatic N) is 4. The fourth-order valence-electron chi connectivity index (χ4n) is 3.79. The van der Waals surface area contributed by atoms with Gasteiger partial charge in [0.15, 0.2) is 0 Å². The van der Waals surface area contributed by atoms with Crippen LogP contribution in [0.3, 0.4) is 0 Å². The molecule has 0 aliphatic carbocycles. The zero-order valence-corrected chi connectivity index (χ0v) is 18.8. The third-order valence-electron chi connectivity index (χ3n) is 4.99. The fraction of sp³-hybridized carbons (Fsp3) is 0.304. The molecule has 0 radical (unpaired) electrons. The van der Waals surface area contributed by atoms with Crippen LogP contribution in [0.5, 0.6) is 5.75 Å². The Labute approximate surface area is 185 Å². The van der Waals surface area contributed by atoms with Gasteiger partial charge in [-0.1, -0.05) is 17.8 Å². The van der Waals surface area contributed by atoms with Crippen LogP contribution >= 0.6 is 11.8 Å². The second kappa shape index (κ2) is 8.55. The minimum absolute atomic E-state index is 0.0344. The van der Waals surface area contributed by atoms with Crippen molar-refractivity contribution in [3.63, 3.8) is 0 Å². The molecule has 4 rings (SSSR count). The Morgan fingerprint density at radius 1 is 1.19 bits per heavy atom. The maximum atomic E-state index is 13.3. The highest BCUT2D eigenvalue weighted by molar-refractivity contribution is 7.99. The van der Waals surface area contributed by atoms with Gasteiger partial charge in [-0.25, -0.2) is 0 Å². The Morgan fingerprint density at radius 3 is 2.71 bits per heavy atom. The van der Waals surface area contributed by atoms with Crippen LogP contribution in [0.15, 0.2) is 58.4 Å². The third-order valence-corrected chi connectivity index (χ3v) is 5.80. The molecule has 0 atom stereocenters. The van der Waals surface area contributed by atoms with Crippen LogP contribution in [-0.4, -0.2) is 39.0 Å². The first-order valence-corrected chi connectivity index (χ1v) is 11.0. The summed E-state index contributed by atoms with van der Waals surface area (Å²) in [6.07, 6.45) is 5.44. The highest BCUT2D eigenvalue weighted by Gasteiger charge is 2.36. The second-order valence-electron chi connectivity index (χ2n) is 7.72. The third kappa shape index (κ3) is 4.34. The molecule has 1 aromatic carbocycles. The summed E-state index contributed by atoms with van der Waals surface area (Å²) in [7, 11) is 0. The molecule has 0 saturated heterocycles. The number of benzene rings is 1. The Kier molecular flexibility index (Phi) is 5.82. The van der Waals surface area contributed by atoms with E-state index in [0.717, 1.165) is 28.1 Å². The van der Waals surface area contributed by atoms with E-state index in [0.29, 0.717) is 17.7 Å². The average Bonchev–Trinajstić information content (AvgIpc) is 3.22. The van der Waals surface area contributed by atoms with Gasteiger partial charge in [0.25, 0.3) is 5.22 Å². The van der Waals surface area contributed by atoms with Crippen LogP contribution in [0.2, 0.25) is 0 Å². The summed E-state index contributed by atoms with van der Waals surface area (Å²) in [4.78, 5) is 19.1. The standard InChI is InChI=1S/C23H24N4O3S/c1-5-29-17-6-7-19-18(12-17)15(2)13-23(3,4)27(19)20(28)14-31-22-26-25-21(30-22)16-8-10-24-11-9-16/h6-13H,5,14H2,1-4H3. The molecule has 3 heterocycles. The van der Waals surface area contributed by atoms with Crippen LogP contribution in [0, 0.1) is 0 Å². The maximum Gasteiger partial charge on any atom is 0.277 e. The summed E-state index contributed by atoms with van der Waals surface area (Å²) < 4.78 is 11.3. The number of allylic oxidation sites excluding steroid dienone is 1. The maximum absolute atomic E-state index is 13.3. The van der Waals surface area contributed by atoms with E-state index >= 15 is 0 Å². The Morgan fingerprint density at radius 2 is 1.97 bits per heavy atom. The first-order valence-electron chi connectivity index (χ1n) is 10.1. The van der Waals surface area contributed by atoms with Crippen molar-refractivity contribution in [2.24, 2.45) is 0 Å². The molecular formula is C23H24N4O3S. The number of thioether (sulfide) groups is 1. The molecule has 1 aliphatic rings. The highest BCUT2D eigenvalue weighted by Crippen LogP contribution is 2.41. The molecule has 2 aromatic heterocycles. The first-order chi connectivity index (χ1) is 14.9. The van der Waals surface area contributed by atoms with Crippen molar-refractivity contribution >= 4 is 28.9 Å². The molecule has 160 valence electrons. The predicted octanol–water partition coefficient (Wildman–Crippen LogP) is 4.85. The zero-order valence-electron chi connectivity index (χ0n) is 18.0. The lowest BCUT2D eigenvalue weighted by atomic mass is 9.88. The fourth-order valence-corrected chi connectivity index (χ4v) is 4.40. The van der Waals surface area contributed by atoms with Gasteiger partial charge in [-0.15, -0.1) is 10.2 Å². The number of hydrogen-bond donors (Lipinski definition) is 0. The van der Waals surface area contributed by atoms with E-state index in [1.807, 2.05) is 43.9 Å². The molecule has 0 saturated carbocycles. The molecular weight excluding hydrogens is 412 g/mol. The van der Waals surface area contributed by atoms with Gasteiger partial charge in [0.2, 0.25) is 11.8 Å². The lowest BCUT2D eigenvalue weighted by molar-refractivity contribution is -0.116. The van der Waals surface area contributed by atoms with Crippen LogP contribution in [0.4, 0.5) is 5.69 Å². The number of rotatable bonds is 6. The van der Waals surface area contributed by atoms with E-state index in [-0.39, 0.29) is 11.7 Å². The lowest BCUT2D eigenvalue weighted by Crippen LogP contribution is -2.49. The average molecular weight is 437 g/mol.